The highest BCUT2D eigenvalue weighted by molar-refractivity contribution is 7.91. The number of esters is 1. The van der Waals surface area contributed by atoms with Gasteiger partial charge >= 0.3 is 5.97 Å². The smallest absolute Gasteiger partial charge is 0.341 e. The summed E-state index contributed by atoms with van der Waals surface area (Å²) in [5.41, 5.74) is 0.584. The van der Waals surface area contributed by atoms with Gasteiger partial charge in [0.1, 0.15) is 10.8 Å². The summed E-state index contributed by atoms with van der Waals surface area (Å²) in [6, 6.07) is 3.22. The van der Waals surface area contributed by atoms with Gasteiger partial charge in [-0.1, -0.05) is 0 Å². The lowest BCUT2D eigenvalue weighted by Gasteiger charge is -2.07. The molecule has 1 atom stereocenters. The first kappa shape index (κ1) is 13.0. The van der Waals surface area contributed by atoms with Crippen LogP contribution < -0.4 is 0 Å². The van der Waals surface area contributed by atoms with Crippen LogP contribution in [0.2, 0.25) is 0 Å². The van der Waals surface area contributed by atoms with E-state index in [0.717, 1.165) is 0 Å². The van der Waals surface area contributed by atoms with Gasteiger partial charge in [0, 0.05) is 6.20 Å². The van der Waals surface area contributed by atoms with Crippen molar-refractivity contribution in [3.63, 3.8) is 0 Å². The minimum absolute atomic E-state index is 0.170. The molecule has 1 fully saturated rings. The van der Waals surface area contributed by atoms with Crippen LogP contribution in [0.15, 0.2) is 18.3 Å². The standard InChI is InChI=1S/C12H13N3O4S/c1-19-12(16)8-4-2-6-15-10(8)13-14-11(15)9-5-3-7-20(9,17)18/h2,4,6,9H,3,5,7H2,1H3. The number of rotatable bonds is 2. The molecule has 7 nitrogen and oxygen atoms in total. The molecule has 0 spiro atoms. The fourth-order valence-electron chi connectivity index (χ4n) is 2.50. The quantitative estimate of drug-likeness (QED) is 0.760. The molecule has 0 aliphatic carbocycles. The molecule has 0 bridgehead atoms. The van der Waals surface area contributed by atoms with Crippen molar-refractivity contribution in [1.29, 1.82) is 0 Å². The van der Waals surface area contributed by atoms with Crippen LogP contribution in [0.3, 0.4) is 0 Å². The number of carbonyl (C=O) groups is 1. The van der Waals surface area contributed by atoms with Gasteiger partial charge in [-0.3, -0.25) is 4.40 Å². The van der Waals surface area contributed by atoms with Crippen LogP contribution in [0, 0.1) is 0 Å². The highest BCUT2D eigenvalue weighted by atomic mass is 32.2. The maximum Gasteiger partial charge on any atom is 0.341 e. The number of sulfone groups is 1. The van der Waals surface area contributed by atoms with E-state index in [1.807, 2.05) is 0 Å². The minimum Gasteiger partial charge on any atom is -0.465 e. The van der Waals surface area contributed by atoms with Crippen LogP contribution >= 0.6 is 0 Å². The number of nitrogens with zero attached hydrogens (tertiary/aromatic N) is 3. The Morgan fingerprint density at radius 3 is 2.90 bits per heavy atom. The normalized spacial score (nSPS) is 21.1. The van der Waals surface area contributed by atoms with Crippen LogP contribution in [0.1, 0.15) is 34.3 Å². The predicted octanol–water partition coefficient (Wildman–Crippen LogP) is 0.766. The lowest BCUT2D eigenvalue weighted by atomic mass is 10.2. The first-order valence-corrected chi connectivity index (χ1v) is 7.89. The zero-order chi connectivity index (χ0) is 14.3. The van der Waals surface area contributed by atoms with E-state index in [9.17, 15) is 13.2 Å². The largest absolute Gasteiger partial charge is 0.465 e. The van der Waals surface area contributed by atoms with E-state index in [2.05, 4.69) is 14.9 Å². The molecule has 0 aromatic carbocycles. The van der Waals surface area contributed by atoms with E-state index in [1.165, 1.54) is 7.11 Å². The summed E-state index contributed by atoms with van der Waals surface area (Å²) in [5.74, 6) is 0.00980. The number of methoxy groups -OCH3 is 1. The van der Waals surface area contributed by atoms with E-state index in [0.29, 0.717) is 24.3 Å². The van der Waals surface area contributed by atoms with Crippen LogP contribution in [-0.4, -0.2) is 41.8 Å². The number of ether oxygens (including phenoxy) is 1. The molecular weight excluding hydrogens is 282 g/mol. The highest BCUT2D eigenvalue weighted by Crippen LogP contribution is 2.33. The minimum atomic E-state index is -3.18. The zero-order valence-electron chi connectivity index (χ0n) is 10.8. The third kappa shape index (κ3) is 1.87. The summed E-state index contributed by atoms with van der Waals surface area (Å²) in [6.45, 7) is 0. The molecule has 0 amide bonds. The molecule has 106 valence electrons. The molecule has 1 unspecified atom stereocenters. The van der Waals surface area contributed by atoms with Crippen LogP contribution in [0.5, 0.6) is 0 Å². The summed E-state index contributed by atoms with van der Waals surface area (Å²) >= 11 is 0. The lowest BCUT2D eigenvalue weighted by molar-refractivity contribution is 0.0602. The Labute approximate surface area is 115 Å². The zero-order valence-corrected chi connectivity index (χ0v) is 11.6. The highest BCUT2D eigenvalue weighted by Gasteiger charge is 2.36. The topological polar surface area (TPSA) is 90.6 Å². The van der Waals surface area contributed by atoms with Crippen molar-refractivity contribution in [2.45, 2.75) is 18.1 Å². The summed E-state index contributed by atoms with van der Waals surface area (Å²) in [5, 5.41) is 7.27. The van der Waals surface area contributed by atoms with Crippen molar-refractivity contribution in [2.24, 2.45) is 0 Å². The van der Waals surface area contributed by atoms with Crippen molar-refractivity contribution >= 4 is 21.5 Å². The number of fused-ring (bicyclic) bond motifs is 1. The van der Waals surface area contributed by atoms with Gasteiger partial charge in [0.2, 0.25) is 0 Å². The van der Waals surface area contributed by atoms with Crippen molar-refractivity contribution in [1.82, 2.24) is 14.6 Å². The number of hydrogen-bond acceptors (Lipinski definition) is 6. The third-order valence-electron chi connectivity index (χ3n) is 3.48. The fraction of sp³-hybridized carbons (Fsp3) is 0.417. The van der Waals surface area contributed by atoms with Crippen molar-refractivity contribution < 1.29 is 17.9 Å². The lowest BCUT2D eigenvalue weighted by Crippen LogP contribution is -2.12. The molecule has 1 saturated heterocycles. The molecule has 3 rings (SSSR count). The van der Waals surface area contributed by atoms with Gasteiger partial charge in [0.25, 0.3) is 0 Å². The van der Waals surface area contributed by atoms with Gasteiger partial charge in [-0.05, 0) is 25.0 Å². The summed E-state index contributed by atoms with van der Waals surface area (Å²) in [6.07, 6.45) is 2.81. The Morgan fingerprint density at radius 1 is 1.45 bits per heavy atom. The SMILES string of the molecule is COC(=O)c1cccn2c(C3CCCS3(=O)=O)nnc12. The van der Waals surface area contributed by atoms with E-state index in [4.69, 9.17) is 0 Å². The number of carbonyl (C=O) groups excluding carboxylic acids is 1. The number of aromatic nitrogens is 3. The Bertz CT molecular complexity index is 781. The van der Waals surface area contributed by atoms with Gasteiger partial charge in [0.15, 0.2) is 21.3 Å². The third-order valence-corrected chi connectivity index (χ3v) is 5.65. The molecule has 2 aromatic heterocycles. The van der Waals surface area contributed by atoms with Crippen molar-refractivity contribution in [3.05, 3.63) is 29.7 Å². The van der Waals surface area contributed by atoms with Crippen LogP contribution in [0.4, 0.5) is 0 Å². The monoisotopic (exact) mass is 295 g/mol. The maximum atomic E-state index is 12.0. The van der Waals surface area contributed by atoms with Crippen LogP contribution in [0.25, 0.3) is 5.65 Å². The second-order valence-electron chi connectivity index (χ2n) is 4.66. The first-order valence-electron chi connectivity index (χ1n) is 6.18. The molecule has 0 N–H and O–H groups in total. The van der Waals surface area contributed by atoms with Crippen molar-refractivity contribution in [2.75, 3.05) is 12.9 Å². The summed E-state index contributed by atoms with van der Waals surface area (Å²) in [7, 11) is -1.90. The van der Waals surface area contributed by atoms with E-state index in [1.54, 1.807) is 22.7 Å². The molecule has 1 aliphatic heterocycles. The molecular formula is C12H13N3O4S. The average molecular weight is 295 g/mol. The van der Waals surface area contributed by atoms with Crippen molar-refractivity contribution in [3.8, 4) is 0 Å². The first-order chi connectivity index (χ1) is 9.54. The summed E-state index contributed by atoms with van der Waals surface area (Å²) < 4.78 is 30.2. The number of hydrogen-bond donors (Lipinski definition) is 0. The van der Waals surface area contributed by atoms with Gasteiger partial charge in [-0.15, -0.1) is 10.2 Å². The predicted molar refractivity (Wildman–Crippen MR) is 70.1 cm³/mol. The summed E-state index contributed by atoms with van der Waals surface area (Å²) in [4.78, 5) is 11.7. The Kier molecular flexibility index (Phi) is 2.97. The van der Waals surface area contributed by atoms with Gasteiger partial charge < -0.3 is 4.74 Å². The van der Waals surface area contributed by atoms with Crippen LogP contribution in [-0.2, 0) is 14.6 Å². The Balaban J connectivity index is 2.18. The van der Waals surface area contributed by atoms with Gasteiger partial charge in [-0.25, -0.2) is 13.2 Å². The molecule has 0 radical (unpaired) electrons. The molecule has 3 heterocycles. The maximum absolute atomic E-state index is 12.0. The molecule has 2 aromatic rings. The molecule has 0 saturated carbocycles. The second-order valence-corrected chi connectivity index (χ2v) is 6.97. The number of pyridine rings is 1. The van der Waals surface area contributed by atoms with Gasteiger partial charge in [0.05, 0.1) is 12.9 Å². The Hall–Kier alpha value is -1.96. The van der Waals surface area contributed by atoms with E-state index < -0.39 is 21.1 Å². The fourth-order valence-corrected chi connectivity index (χ4v) is 4.37. The average Bonchev–Trinajstić information content (AvgIpc) is 2.99. The Morgan fingerprint density at radius 2 is 2.25 bits per heavy atom. The van der Waals surface area contributed by atoms with E-state index in [-0.39, 0.29) is 11.3 Å². The molecule has 20 heavy (non-hydrogen) atoms. The van der Waals surface area contributed by atoms with E-state index >= 15 is 0 Å². The second kappa shape index (κ2) is 4.55. The molecule has 8 heteroatoms. The van der Waals surface area contributed by atoms with Gasteiger partial charge in [-0.2, -0.15) is 0 Å². The molecule has 1 aliphatic rings.